The van der Waals surface area contributed by atoms with E-state index in [2.05, 4.69) is 14.7 Å². The minimum Gasteiger partial charge on any atom is -0.396 e. The third-order valence-corrected chi connectivity index (χ3v) is 4.09. The first-order valence-electron chi connectivity index (χ1n) is 5.81. The Balaban J connectivity index is 2.43. The molecule has 8 nitrogen and oxygen atoms in total. The molecule has 0 aliphatic rings. The number of benzene rings is 1. The van der Waals surface area contributed by atoms with E-state index in [0.29, 0.717) is 11.9 Å². The van der Waals surface area contributed by atoms with Gasteiger partial charge in [0.05, 0.1) is 15.9 Å². The van der Waals surface area contributed by atoms with Gasteiger partial charge in [-0.1, -0.05) is 0 Å². The lowest BCUT2D eigenvalue weighted by Gasteiger charge is -2.06. The van der Waals surface area contributed by atoms with Crippen LogP contribution in [0.2, 0.25) is 0 Å². The second kappa shape index (κ2) is 5.57. The Hall–Kier alpha value is -1.97. The number of H-pyrrole nitrogens is 2. The molecule has 0 radical (unpaired) electrons. The molecule has 0 bridgehead atoms. The van der Waals surface area contributed by atoms with E-state index < -0.39 is 21.1 Å². The molecule has 0 atom stereocenters. The van der Waals surface area contributed by atoms with Crippen molar-refractivity contribution in [3.63, 3.8) is 0 Å². The van der Waals surface area contributed by atoms with Crippen LogP contribution in [0.3, 0.4) is 0 Å². The summed E-state index contributed by atoms with van der Waals surface area (Å²) in [5.74, 6) is 0. The molecule has 2 aromatic rings. The van der Waals surface area contributed by atoms with Gasteiger partial charge < -0.3 is 15.1 Å². The minimum atomic E-state index is -3.72. The maximum absolute atomic E-state index is 11.9. The summed E-state index contributed by atoms with van der Waals surface area (Å²) in [4.78, 5) is 27.0. The predicted octanol–water partition coefficient (Wildman–Crippen LogP) is -1.12. The molecular weight excluding hydrogens is 286 g/mol. The van der Waals surface area contributed by atoms with Gasteiger partial charge in [0.25, 0.3) is 0 Å². The largest absolute Gasteiger partial charge is 0.396 e. The molecule has 4 N–H and O–H groups in total. The van der Waals surface area contributed by atoms with Crippen molar-refractivity contribution in [3.05, 3.63) is 38.9 Å². The summed E-state index contributed by atoms with van der Waals surface area (Å²) in [5, 5.41) is 8.62. The van der Waals surface area contributed by atoms with Crippen molar-refractivity contribution in [2.45, 2.75) is 11.3 Å². The van der Waals surface area contributed by atoms with Gasteiger partial charge in [0.2, 0.25) is 10.0 Å². The van der Waals surface area contributed by atoms with Gasteiger partial charge in [-0.2, -0.15) is 0 Å². The molecule has 0 amide bonds. The van der Waals surface area contributed by atoms with Crippen LogP contribution in [-0.2, 0) is 10.0 Å². The van der Waals surface area contributed by atoms with E-state index in [-0.39, 0.29) is 23.6 Å². The van der Waals surface area contributed by atoms with Crippen molar-refractivity contribution in [2.24, 2.45) is 0 Å². The van der Waals surface area contributed by atoms with Gasteiger partial charge in [0, 0.05) is 13.2 Å². The molecule has 1 heterocycles. The molecule has 2 rings (SSSR count). The van der Waals surface area contributed by atoms with E-state index in [1.165, 1.54) is 18.2 Å². The summed E-state index contributed by atoms with van der Waals surface area (Å²) in [5.41, 5.74) is -1.09. The lowest BCUT2D eigenvalue weighted by Crippen LogP contribution is -2.29. The highest BCUT2D eigenvalue weighted by Crippen LogP contribution is 2.14. The van der Waals surface area contributed by atoms with Crippen molar-refractivity contribution in [1.82, 2.24) is 14.7 Å². The Labute approximate surface area is 113 Å². The van der Waals surface area contributed by atoms with Gasteiger partial charge >= 0.3 is 11.1 Å². The Kier molecular flexibility index (Phi) is 4.02. The van der Waals surface area contributed by atoms with Crippen LogP contribution in [0.25, 0.3) is 11.0 Å². The highest BCUT2D eigenvalue weighted by Gasteiger charge is 2.14. The van der Waals surface area contributed by atoms with Crippen molar-refractivity contribution in [3.8, 4) is 0 Å². The molecule has 0 fully saturated rings. The van der Waals surface area contributed by atoms with Crippen molar-refractivity contribution < 1.29 is 13.5 Å². The number of nitrogens with one attached hydrogen (secondary N) is 3. The molecule has 1 aromatic carbocycles. The third-order valence-electron chi connectivity index (χ3n) is 2.63. The van der Waals surface area contributed by atoms with Crippen molar-refractivity contribution in [1.29, 1.82) is 0 Å². The van der Waals surface area contributed by atoms with E-state index in [1.807, 2.05) is 0 Å². The average Bonchev–Trinajstić information content (AvgIpc) is 2.39. The van der Waals surface area contributed by atoms with Gasteiger partial charge in [0.15, 0.2) is 0 Å². The standard InChI is InChI=1S/C11H13N3O5S/c15-5-1-4-12-20(18,19)7-2-3-8-9(6-7)14-11(17)10(16)13-8/h2-3,6,12,15H,1,4-5H2,(H,13,16)(H,14,17). The van der Waals surface area contributed by atoms with Gasteiger partial charge in [-0.25, -0.2) is 13.1 Å². The normalized spacial score (nSPS) is 11.8. The van der Waals surface area contributed by atoms with E-state index >= 15 is 0 Å². The molecule has 9 heteroatoms. The van der Waals surface area contributed by atoms with Gasteiger partial charge in [-0.05, 0) is 24.6 Å². The van der Waals surface area contributed by atoms with Crippen molar-refractivity contribution >= 4 is 21.1 Å². The van der Waals surface area contributed by atoms with E-state index in [4.69, 9.17) is 5.11 Å². The molecule has 0 unspecified atom stereocenters. The molecular formula is C11H13N3O5S. The minimum absolute atomic E-state index is 0.0364. The molecule has 0 saturated carbocycles. The topological polar surface area (TPSA) is 132 Å². The fraction of sp³-hybridized carbons (Fsp3) is 0.273. The SMILES string of the molecule is O=c1[nH]c2ccc(S(=O)(=O)NCCCO)cc2[nH]c1=O. The van der Waals surface area contributed by atoms with E-state index in [1.54, 1.807) is 0 Å². The lowest BCUT2D eigenvalue weighted by molar-refractivity contribution is 0.289. The lowest BCUT2D eigenvalue weighted by atomic mass is 10.3. The molecule has 0 aliphatic carbocycles. The molecule has 0 spiro atoms. The second-order valence-corrected chi connectivity index (χ2v) is 5.86. The van der Waals surface area contributed by atoms with Crippen LogP contribution in [0.15, 0.2) is 32.7 Å². The highest BCUT2D eigenvalue weighted by atomic mass is 32.2. The Morgan fingerprint density at radius 3 is 2.40 bits per heavy atom. The number of sulfonamides is 1. The Morgan fingerprint density at radius 1 is 1.10 bits per heavy atom. The number of aromatic nitrogens is 2. The van der Waals surface area contributed by atoms with Crippen LogP contribution in [-0.4, -0.2) is 36.6 Å². The summed E-state index contributed by atoms with van der Waals surface area (Å²) in [7, 11) is -3.72. The molecule has 0 saturated heterocycles. The highest BCUT2D eigenvalue weighted by molar-refractivity contribution is 7.89. The number of hydrogen-bond acceptors (Lipinski definition) is 5. The Bertz CT molecular complexity index is 837. The number of fused-ring (bicyclic) bond motifs is 1. The number of rotatable bonds is 5. The third kappa shape index (κ3) is 2.95. The van der Waals surface area contributed by atoms with E-state index in [9.17, 15) is 18.0 Å². The fourth-order valence-electron chi connectivity index (χ4n) is 1.63. The molecule has 0 aliphatic heterocycles. The zero-order chi connectivity index (χ0) is 14.8. The van der Waals surface area contributed by atoms with Gasteiger partial charge in [-0.15, -0.1) is 0 Å². The van der Waals surface area contributed by atoms with Crippen LogP contribution < -0.4 is 15.8 Å². The molecule has 20 heavy (non-hydrogen) atoms. The predicted molar refractivity (Wildman–Crippen MR) is 72.1 cm³/mol. The summed E-state index contributed by atoms with van der Waals surface area (Å²) >= 11 is 0. The summed E-state index contributed by atoms with van der Waals surface area (Å²) in [6, 6.07) is 3.97. The second-order valence-electron chi connectivity index (χ2n) is 4.09. The average molecular weight is 299 g/mol. The first kappa shape index (κ1) is 14.4. The van der Waals surface area contributed by atoms with Crippen LogP contribution in [0.4, 0.5) is 0 Å². The van der Waals surface area contributed by atoms with Crippen LogP contribution in [0.1, 0.15) is 6.42 Å². The number of hydrogen-bond donors (Lipinski definition) is 4. The smallest absolute Gasteiger partial charge is 0.314 e. The van der Waals surface area contributed by atoms with Crippen molar-refractivity contribution in [2.75, 3.05) is 13.2 Å². The number of aliphatic hydroxyl groups excluding tert-OH is 1. The van der Waals surface area contributed by atoms with Gasteiger partial charge in [0.1, 0.15) is 0 Å². The van der Waals surface area contributed by atoms with Crippen LogP contribution in [0.5, 0.6) is 0 Å². The van der Waals surface area contributed by atoms with Crippen LogP contribution >= 0.6 is 0 Å². The zero-order valence-electron chi connectivity index (χ0n) is 10.3. The van der Waals surface area contributed by atoms with E-state index in [0.717, 1.165) is 0 Å². The zero-order valence-corrected chi connectivity index (χ0v) is 11.2. The first-order valence-corrected chi connectivity index (χ1v) is 7.29. The monoisotopic (exact) mass is 299 g/mol. The fourth-order valence-corrected chi connectivity index (χ4v) is 2.73. The number of aliphatic hydroxyl groups is 1. The Morgan fingerprint density at radius 2 is 1.75 bits per heavy atom. The number of aromatic amines is 2. The summed E-state index contributed by atoms with van der Waals surface area (Å²) in [6.45, 7) is -0.00614. The van der Waals surface area contributed by atoms with Crippen LogP contribution in [0, 0.1) is 0 Å². The maximum Gasteiger partial charge on any atom is 0.314 e. The summed E-state index contributed by atoms with van der Waals surface area (Å²) in [6.07, 6.45) is 0.303. The summed E-state index contributed by atoms with van der Waals surface area (Å²) < 4.78 is 26.2. The maximum atomic E-state index is 11.9. The first-order chi connectivity index (χ1) is 9.44. The molecule has 1 aromatic heterocycles. The van der Waals surface area contributed by atoms with Gasteiger partial charge in [-0.3, -0.25) is 9.59 Å². The quantitative estimate of drug-likeness (QED) is 0.410. The molecule has 108 valence electrons.